The highest BCUT2D eigenvalue weighted by Crippen LogP contribution is 2.23. The quantitative estimate of drug-likeness (QED) is 0.775. The van der Waals surface area contributed by atoms with Gasteiger partial charge in [0.25, 0.3) is 0 Å². The van der Waals surface area contributed by atoms with Crippen molar-refractivity contribution >= 4 is 23.6 Å². The summed E-state index contributed by atoms with van der Waals surface area (Å²) < 4.78 is 1.81. The van der Waals surface area contributed by atoms with Crippen LogP contribution in [0.3, 0.4) is 0 Å². The summed E-state index contributed by atoms with van der Waals surface area (Å²) in [4.78, 5) is 28.6. The molecular weight excluding hydrogens is 278 g/mol. The molecule has 0 saturated carbocycles. The van der Waals surface area contributed by atoms with Gasteiger partial charge in [-0.2, -0.15) is 0 Å². The predicted octanol–water partition coefficient (Wildman–Crippen LogP) is 1.66. The number of carbonyl (C=O) groups is 2. The molecule has 1 heterocycles. The Balaban J connectivity index is 2.96. The van der Waals surface area contributed by atoms with Crippen molar-refractivity contribution in [2.24, 2.45) is 0 Å². The molecule has 6 nitrogen and oxygen atoms in total. The fraction of sp³-hybridized carbons (Fsp3) is 0.615. The predicted molar refractivity (Wildman–Crippen MR) is 78.0 cm³/mol. The van der Waals surface area contributed by atoms with Crippen LogP contribution in [0, 0.1) is 0 Å². The van der Waals surface area contributed by atoms with Gasteiger partial charge < -0.3 is 14.6 Å². The Morgan fingerprint density at radius 2 is 2.15 bits per heavy atom. The molecule has 0 aliphatic heterocycles. The summed E-state index contributed by atoms with van der Waals surface area (Å²) >= 11 is 1.14. The van der Waals surface area contributed by atoms with Gasteiger partial charge in [-0.05, 0) is 12.8 Å². The lowest BCUT2D eigenvalue weighted by molar-refractivity contribution is -0.134. The van der Waals surface area contributed by atoms with E-state index in [-0.39, 0.29) is 24.1 Å². The monoisotopic (exact) mass is 299 g/mol. The number of carbonyl (C=O) groups excluding carboxylic acids is 1. The maximum absolute atomic E-state index is 12.1. The zero-order valence-corrected chi connectivity index (χ0v) is 13.1. The lowest BCUT2D eigenvalue weighted by Gasteiger charge is -2.18. The molecule has 112 valence electrons. The van der Waals surface area contributed by atoms with Gasteiger partial charge in [0.15, 0.2) is 5.16 Å². The second-order valence-corrected chi connectivity index (χ2v) is 5.74. The van der Waals surface area contributed by atoms with E-state index in [1.54, 1.807) is 18.1 Å². The molecule has 0 aromatic carbocycles. The largest absolute Gasteiger partial charge is 0.481 e. The molecule has 0 radical (unpaired) electrons. The molecule has 1 amide bonds. The minimum Gasteiger partial charge on any atom is -0.481 e. The molecule has 0 unspecified atom stereocenters. The van der Waals surface area contributed by atoms with E-state index >= 15 is 0 Å². The van der Waals surface area contributed by atoms with Crippen LogP contribution in [0.5, 0.6) is 0 Å². The van der Waals surface area contributed by atoms with Crippen molar-refractivity contribution in [1.29, 1.82) is 0 Å². The summed E-state index contributed by atoms with van der Waals surface area (Å²) in [6.07, 6.45) is 1.72. The van der Waals surface area contributed by atoms with Gasteiger partial charge in [0, 0.05) is 25.5 Å². The molecule has 0 aliphatic rings. The first kappa shape index (κ1) is 16.6. The van der Waals surface area contributed by atoms with Crippen molar-refractivity contribution in [3.05, 3.63) is 11.9 Å². The van der Waals surface area contributed by atoms with Gasteiger partial charge in [0.05, 0.1) is 5.75 Å². The number of hydrogen-bond acceptors (Lipinski definition) is 4. The van der Waals surface area contributed by atoms with E-state index in [4.69, 9.17) is 5.11 Å². The van der Waals surface area contributed by atoms with E-state index in [2.05, 4.69) is 4.98 Å². The van der Waals surface area contributed by atoms with Gasteiger partial charge >= 0.3 is 5.97 Å². The lowest BCUT2D eigenvalue weighted by Crippen LogP contribution is -2.30. The number of hydrogen-bond donors (Lipinski definition) is 1. The Labute approximate surface area is 123 Å². The third-order valence-corrected chi connectivity index (χ3v) is 3.93. The van der Waals surface area contributed by atoms with Crippen molar-refractivity contribution in [3.8, 4) is 0 Å². The minimum absolute atomic E-state index is 0.00965. The van der Waals surface area contributed by atoms with Crippen LogP contribution < -0.4 is 0 Å². The van der Waals surface area contributed by atoms with Crippen molar-refractivity contribution in [1.82, 2.24) is 14.5 Å². The smallest absolute Gasteiger partial charge is 0.313 e. The molecule has 0 bridgehead atoms. The van der Waals surface area contributed by atoms with Crippen LogP contribution in [-0.4, -0.2) is 50.8 Å². The number of imidazole rings is 1. The van der Waals surface area contributed by atoms with E-state index < -0.39 is 5.97 Å². The van der Waals surface area contributed by atoms with Crippen LogP contribution >= 0.6 is 11.8 Å². The van der Waals surface area contributed by atoms with Crippen LogP contribution in [0.1, 0.15) is 32.4 Å². The van der Waals surface area contributed by atoms with E-state index in [1.807, 2.05) is 25.3 Å². The zero-order valence-electron chi connectivity index (χ0n) is 12.3. The molecule has 0 atom stereocenters. The summed E-state index contributed by atoms with van der Waals surface area (Å²) in [5.74, 6) is -0.745. The summed E-state index contributed by atoms with van der Waals surface area (Å²) in [6.45, 7) is 6.79. The van der Waals surface area contributed by atoms with E-state index in [9.17, 15) is 9.59 Å². The molecule has 7 heteroatoms. The molecule has 20 heavy (non-hydrogen) atoms. The topological polar surface area (TPSA) is 75.4 Å². The van der Waals surface area contributed by atoms with Gasteiger partial charge in [0.1, 0.15) is 6.54 Å². The maximum atomic E-state index is 12.1. The van der Waals surface area contributed by atoms with E-state index in [1.165, 1.54) is 0 Å². The van der Waals surface area contributed by atoms with Crippen LogP contribution in [0.2, 0.25) is 0 Å². The standard InChI is InChI=1S/C13H21N3O3S/c1-5-15(4)11(17)7-16-10(9(2)3)6-14-13(16)20-8-12(18)19/h6,9H,5,7-8H2,1-4H3,(H,18,19). The molecule has 0 spiro atoms. The van der Waals surface area contributed by atoms with E-state index in [0.29, 0.717) is 11.7 Å². The number of rotatable bonds is 7. The van der Waals surface area contributed by atoms with Gasteiger partial charge in [-0.3, -0.25) is 9.59 Å². The Hall–Kier alpha value is -1.50. The fourth-order valence-electron chi connectivity index (χ4n) is 1.66. The number of amides is 1. The molecule has 1 aromatic heterocycles. The molecule has 0 aliphatic carbocycles. The fourth-order valence-corrected chi connectivity index (χ4v) is 2.37. The van der Waals surface area contributed by atoms with E-state index in [0.717, 1.165) is 17.5 Å². The summed E-state index contributed by atoms with van der Waals surface area (Å²) in [6, 6.07) is 0. The number of carboxylic acids is 1. The van der Waals surface area contributed by atoms with Crippen molar-refractivity contribution in [2.75, 3.05) is 19.3 Å². The van der Waals surface area contributed by atoms with Gasteiger partial charge in [0.2, 0.25) is 5.91 Å². The molecule has 0 fully saturated rings. The number of thioether (sulfide) groups is 1. The summed E-state index contributed by atoms with van der Waals surface area (Å²) in [5.41, 5.74) is 0.941. The minimum atomic E-state index is -0.896. The van der Waals surface area contributed by atoms with Crippen molar-refractivity contribution in [2.45, 2.75) is 38.4 Å². The second-order valence-electron chi connectivity index (χ2n) is 4.80. The van der Waals surface area contributed by atoms with Crippen LogP contribution in [0.25, 0.3) is 0 Å². The maximum Gasteiger partial charge on any atom is 0.313 e. The normalized spacial score (nSPS) is 10.8. The highest BCUT2D eigenvalue weighted by atomic mass is 32.2. The Morgan fingerprint density at radius 3 is 2.65 bits per heavy atom. The number of likely N-dealkylation sites (N-methyl/N-ethyl adjacent to an activating group) is 1. The van der Waals surface area contributed by atoms with Crippen molar-refractivity contribution in [3.63, 3.8) is 0 Å². The first-order valence-corrected chi connectivity index (χ1v) is 7.49. The highest BCUT2D eigenvalue weighted by Gasteiger charge is 2.18. The Kier molecular flexibility index (Phi) is 6.06. The number of carboxylic acid groups (broad SMARTS) is 1. The van der Waals surface area contributed by atoms with Crippen LogP contribution in [0.4, 0.5) is 0 Å². The molecule has 1 rings (SSSR count). The van der Waals surface area contributed by atoms with Gasteiger partial charge in [-0.25, -0.2) is 4.98 Å². The summed E-state index contributed by atoms with van der Waals surface area (Å²) in [7, 11) is 1.75. The third-order valence-electron chi connectivity index (χ3n) is 2.96. The Morgan fingerprint density at radius 1 is 1.50 bits per heavy atom. The average molecular weight is 299 g/mol. The van der Waals surface area contributed by atoms with Crippen molar-refractivity contribution < 1.29 is 14.7 Å². The average Bonchev–Trinajstić information content (AvgIpc) is 2.78. The molecular formula is C13H21N3O3S. The van der Waals surface area contributed by atoms with Crippen LogP contribution in [0.15, 0.2) is 11.4 Å². The molecule has 1 aromatic rings. The third kappa shape index (κ3) is 4.26. The lowest BCUT2D eigenvalue weighted by atomic mass is 10.1. The van der Waals surface area contributed by atoms with Gasteiger partial charge in [-0.15, -0.1) is 0 Å². The summed E-state index contributed by atoms with van der Waals surface area (Å²) in [5, 5.41) is 9.33. The number of aromatic nitrogens is 2. The molecule has 0 saturated heterocycles. The number of aliphatic carboxylic acids is 1. The first-order chi connectivity index (χ1) is 9.36. The van der Waals surface area contributed by atoms with Gasteiger partial charge in [-0.1, -0.05) is 25.6 Å². The number of nitrogens with zero attached hydrogens (tertiary/aromatic N) is 3. The Bertz CT molecular complexity index is 485. The first-order valence-electron chi connectivity index (χ1n) is 6.50. The zero-order chi connectivity index (χ0) is 15.3. The second kappa shape index (κ2) is 7.33. The highest BCUT2D eigenvalue weighted by molar-refractivity contribution is 7.99. The molecule has 1 N–H and O–H groups in total. The SMILES string of the molecule is CCN(C)C(=O)Cn1c(C(C)C)cnc1SCC(=O)O. The van der Waals surface area contributed by atoms with Crippen LogP contribution in [-0.2, 0) is 16.1 Å².